The van der Waals surface area contributed by atoms with Gasteiger partial charge in [-0.05, 0) is 6.07 Å². The predicted molar refractivity (Wildman–Crippen MR) is 64.6 cm³/mol. The summed E-state index contributed by atoms with van der Waals surface area (Å²) in [4.78, 5) is 15.7. The minimum atomic E-state index is -4.50. The number of para-hydroxylation sites is 1. The number of aromatic nitrogens is 1. The van der Waals surface area contributed by atoms with Gasteiger partial charge in [-0.3, -0.25) is 4.98 Å². The second-order valence-corrected chi connectivity index (χ2v) is 3.91. The van der Waals surface area contributed by atoms with Crippen LogP contribution in [0.3, 0.4) is 0 Å². The third-order valence-electron chi connectivity index (χ3n) is 2.52. The minimum absolute atomic E-state index is 0.0673. The topological polar surface area (TPSA) is 48.4 Å². The predicted octanol–water partition coefficient (Wildman–Crippen LogP) is 2.96. The monoisotopic (exact) mass is 285 g/mol. The van der Waals surface area contributed by atoms with Crippen LogP contribution in [0.2, 0.25) is 0 Å². The van der Waals surface area contributed by atoms with E-state index in [1.807, 2.05) is 0 Å². The Morgan fingerprint density at radius 3 is 2.65 bits per heavy atom. The molecule has 0 N–H and O–H groups in total. The third-order valence-corrected chi connectivity index (χ3v) is 2.52. The molecule has 20 heavy (non-hydrogen) atoms. The van der Waals surface area contributed by atoms with E-state index in [4.69, 9.17) is 0 Å². The standard InChI is InChI=1S/C13H10F3NO3/c1-19-12(18)11-8-4-2-3-5-9(8)17-6-10(11)20-7-13(14,15)16/h2-6H,7H2,1H3. The van der Waals surface area contributed by atoms with Gasteiger partial charge in [0, 0.05) is 5.39 Å². The van der Waals surface area contributed by atoms with Crippen LogP contribution in [0.1, 0.15) is 10.4 Å². The van der Waals surface area contributed by atoms with Gasteiger partial charge in [-0.25, -0.2) is 4.79 Å². The molecule has 0 saturated heterocycles. The minimum Gasteiger partial charge on any atom is -0.482 e. The molecule has 0 fully saturated rings. The Hall–Kier alpha value is -2.31. The number of halogens is 3. The Kier molecular flexibility index (Phi) is 3.78. The van der Waals surface area contributed by atoms with Gasteiger partial charge in [0.1, 0.15) is 5.56 Å². The van der Waals surface area contributed by atoms with Gasteiger partial charge in [-0.2, -0.15) is 13.2 Å². The highest BCUT2D eigenvalue weighted by Gasteiger charge is 2.30. The normalized spacial score (nSPS) is 11.4. The van der Waals surface area contributed by atoms with Gasteiger partial charge in [0.25, 0.3) is 0 Å². The van der Waals surface area contributed by atoms with E-state index >= 15 is 0 Å². The number of fused-ring (bicyclic) bond motifs is 1. The summed E-state index contributed by atoms with van der Waals surface area (Å²) in [6.45, 7) is -1.50. The van der Waals surface area contributed by atoms with Gasteiger partial charge in [-0.1, -0.05) is 18.2 Å². The Morgan fingerprint density at radius 1 is 1.30 bits per heavy atom. The van der Waals surface area contributed by atoms with Crippen LogP contribution in [-0.2, 0) is 4.74 Å². The van der Waals surface area contributed by atoms with Gasteiger partial charge < -0.3 is 9.47 Å². The number of methoxy groups -OCH3 is 1. The molecule has 0 unspecified atom stereocenters. The average Bonchev–Trinajstić information content (AvgIpc) is 2.42. The van der Waals surface area contributed by atoms with E-state index in [1.165, 1.54) is 0 Å². The molecule has 0 bridgehead atoms. The number of hydrogen-bond donors (Lipinski definition) is 0. The Labute approximate surface area is 112 Å². The fourth-order valence-electron chi connectivity index (χ4n) is 1.70. The Balaban J connectivity index is 2.50. The molecule has 4 nitrogen and oxygen atoms in total. The largest absolute Gasteiger partial charge is 0.482 e. The highest BCUT2D eigenvalue weighted by atomic mass is 19.4. The second-order valence-electron chi connectivity index (χ2n) is 3.91. The molecule has 0 aliphatic heterocycles. The summed E-state index contributed by atoms with van der Waals surface area (Å²) >= 11 is 0. The lowest BCUT2D eigenvalue weighted by Crippen LogP contribution is -2.20. The average molecular weight is 285 g/mol. The smallest absolute Gasteiger partial charge is 0.422 e. The number of carbonyl (C=O) groups is 1. The van der Waals surface area contributed by atoms with Gasteiger partial charge in [0.05, 0.1) is 18.8 Å². The van der Waals surface area contributed by atoms with E-state index in [0.717, 1.165) is 13.3 Å². The molecule has 0 saturated carbocycles. The number of esters is 1. The van der Waals surface area contributed by atoms with Crippen molar-refractivity contribution in [3.63, 3.8) is 0 Å². The van der Waals surface area contributed by atoms with E-state index in [1.54, 1.807) is 24.3 Å². The molecule has 7 heteroatoms. The Morgan fingerprint density at radius 2 is 2.00 bits per heavy atom. The van der Waals surface area contributed by atoms with Crippen LogP contribution in [0.25, 0.3) is 10.9 Å². The molecule has 2 rings (SSSR count). The zero-order valence-corrected chi connectivity index (χ0v) is 10.4. The van der Waals surface area contributed by atoms with Crippen molar-refractivity contribution in [2.45, 2.75) is 6.18 Å². The number of hydrogen-bond acceptors (Lipinski definition) is 4. The van der Waals surface area contributed by atoms with Gasteiger partial charge in [-0.15, -0.1) is 0 Å². The summed E-state index contributed by atoms with van der Waals surface area (Å²) in [6, 6.07) is 6.54. The first kappa shape index (κ1) is 14.1. The first-order chi connectivity index (χ1) is 9.42. The summed E-state index contributed by atoms with van der Waals surface area (Å²) < 4.78 is 45.9. The quantitative estimate of drug-likeness (QED) is 0.813. The molecule has 0 amide bonds. The fourth-order valence-corrected chi connectivity index (χ4v) is 1.70. The molecule has 1 aromatic carbocycles. The summed E-state index contributed by atoms with van der Waals surface area (Å²) in [5.41, 5.74) is 0.398. The van der Waals surface area contributed by atoms with Crippen LogP contribution in [0, 0.1) is 0 Å². The summed E-state index contributed by atoms with van der Waals surface area (Å²) in [5.74, 6) is -1.03. The highest BCUT2D eigenvalue weighted by Crippen LogP contribution is 2.28. The number of benzene rings is 1. The summed E-state index contributed by atoms with van der Waals surface area (Å²) in [6.07, 6.45) is -3.42. The molecule has 0 aliphatic carbocycles. The third kappa shape index (κ3) is 2.98. The molecule has 106 valence electrons. The van der Waals surface area contributed by atoms with Gasteiger partial charge >= 0.3 is 12.1 Å². The van der Waals surface area contributed by atoms with E-state index in [0.29, 0.717) is 10.9 Å². The molecular formula is C13H10F3NO3. The molecule has 1 heterocycles. The Bertz CT molecular complexity index is 640. The zero-order chi connectivity index (χ0) is 14.8. The molecule has 0 aliphatic rings. The van der Waals surface area contributed by atoms with Crippen LogP contribution >= 0.6 is 0 Å². The van der Waals surface area contributed by atoms with Crippen LogP contribution in [0.4, 0.5) is 13.2 Å². The molecular weight excluding hydrogens is 275 g/mol. The van der Waals surface area contributed by atoms with Crippen molar-refractivity contribution in [2.24, 2.45) is 0 Å². The SMILES string of the molecule is COC(=O)c1c(OCC(F)(F)F)cnc2ccccc12. The van der Waals surface area contributed by atoms with Crippen LogP contribution in [0.5, 0.6) is 5.75 Å². The van der Waals surface area contributed by atoms with E-state index in [-0.39, 0.29) is 11.3 Å². The van der Waals surface area contributed by atoms with Crippen molar-refractivity contribution in [3.05, 3.63) is 36.0 Å². The van der Waals surface area contributed by atoms with Crippen LogP contribution in [-0.4, -0.2) is 30.8 Å². The van der Waals surface area contributed by atoms with Crippen molar-refractivity contribution in [1.82, 2.24) is 4.98 Å². The van der Waals surface area contributed by atoms with E-state index in [9.17, 15) is 18.0 Å². The number of alkyl halides is 3. The van der Waals surface area contributed by atoms with Gasteiger partial charge in [0.15, 0.2) is 12.4 Å². The summed E-state index contributed by atoms with van der Waals surface area (Å²) in [7, 11) is 1.14. The number of carbonyl (C=O) groups excluding carboxylic acids is 1. The van der Waals surface area contributed by atoms with E-state index < -0.39 is 18.8 Å². The van der Waals surface area contributed by atoms with Crippen molar-refractivity contribution in [1.29, 1.82) is 0 Å². The number of pyridine rings is 1. The first-order valence-corrected chi connectivity index (χ1v) is 5.58. The maximum atomic E-state index is 12.2. The lowest BCUT2D eigenvalue weighted by atomic mass is 10.1. The molecule has 2 aromatic rings. The van der Waals surface area contributed by atoms with Crippen LogP contribution < -0.4 is 4.74 Å². The lowest BCUT2D eigenvalue weighted by Gasteiger charge is -2.13. The number of rotatable bonds is 3. The molecule has 0 spiro atoms. The fraction of sp³-hybridized carbons (Fsp3) is 0.231. The number of nitrogens with zero attached hydrogens (tertiary/aromatic N) is 1. The van der Waals surface area contributed by atoms with Crippen molar-refractivity contribution >= 4 is 16.9 Å². The van der Waals surface area contributed by atoms with Crippen LogP contribution in [0.15, 0.2) is 30.5 Å². The first-order valence-electron chi connectivity index (χ1n) is 5.58. The maximum Gasteiger partial charge on any atom is 0.422 e. The van der Waals surface area contributed by atoms with Crippen molar-refractivity contribution < 1.29 is 27.4 Å². The molecule has 1 aromatic heterocycles. The second kappa shape index (κ2) is 5.36. The van der Waals surface area contributed by atoms with Crippen molar-refractivity contribution in [2.75, 3.05) is 13.7 Å². The highest BCUT2D eigenvalue weighted by molar-refractivity contribution is 6.05. The lowest BCUT2D eigenvalue weighted by molar-refractivity contribution is -0.153. The molecule has 0 atom stereocenters. The maximum absolute atomic E-state index is 12.2. The van der Waals surface area contributed by atoms with E-state index in [2.05, 4.69) is 14.5 Å². The molecule has 0 radical (unpaired) electrons. The summed E-state index contributed by atoms with van der Waals surface area (Å²) in [5, 5.41) is 0.374. The number of ether oxygens (including phenoxy) is 2. The van der Waals surface area contributed by atoms with Crippen molar-refractivity contribution in [3.8, 4) is 5.75 Å². The van der Waals surface area contributed by atoms with Gasteiger partial charge in [0.2, 0.25) is 0 Å². The zero-order valence-electron chi connectivity index (χ0n) is 10.4.